The van der Waals surface area contributed by atoms with Gasteiger partial charge in [0.1, 0.15) is 5.82 Å². The molecule has 1 aromatic carbocycles. The van der Waals surface area contributed by atoms with Gasteiger partial charge in [-0.25, -0.2) is 4.39 Å². The lowest BCUT2D eigenvalue weighted by molar-refractivity contribution is -0.140. The van der Waals surface area contributed by atoms with Crippen LogP contribution in [-0.2, 0) is 20.9 Å². The zero-order valence-electron chi connectivity index (χ0n) is 15.8. The fourth-order valence-electron chi connectivity index (χ4n) is 3.96. The Balaban J connectivity index is 1.40. The smallest absolute Gasteiger partial charge is 0.225 e. The molecule has 148 valence electrons. The lowest BCUT2D eigenvalue weighted by Gasteiger charge is -2.36. The molecule has 2 amide bonds. The Morgan fingerprint density at radius 2 is 1.96 bits per heavy atom. The number of likely N-dealkylation sites (tertiary alicyclic amines) is 1. The van der Waals surface area contributed by atoms with Gasteiger partial charge in [-0.1, -0.05) is 18.2 Å². The number of carbonyl (C=O) groups excluding carboxylic acids is 2. The molecular weight excluding hydrogens is 347 g/mol. The highest BCUT2D eigenvalue weighted by Crippen LogP contribution is 2.25. The van der Waals surface area contributed by atoms with Gasteiger partial charge in [0.25, 0.3) is 0 Å². The highest BCUT2D eigenvalue weighted by atomic mass is 19.1. The molecule has 2 aliphatic heterocycles. The van der Waals surface area contributed by atoms with E-state index in [4.69, 9.17) is 4.74 Å². The van der Waals surface area contributed by atoms with Gasteiger partial charge < -0.3 is 15.0 Å². The van der Waals surface area contributed by atoms with Gasteiger partial charge in [-0.15, -0.1) is 0 Å². The van der Waals surface area contributed by atoms with Crippen molar-refractivity contribution in [1.82, 2.24) is 10.2 Å². The SMILES string of the molecule is O=C(CCC1CCCN(C(=O)C2CCOCC2)C1)NCc1ccccc1F. The van der Waals surface area contributed by atoms with Crippen molar-refractivity contribution in [3.05, 3.63) is 35.6 Å². The summed E-state index contributed by atoms with van der Waals surface area (Å²) in [6.45, 7) is 3.14. The normalized spacial score (nSPS) is 21.1. The molecule has 0 bridgehead atoms. The van der Waals surface area contributed by atoms with Crippen molar-refractivity contribution >= 4 is 11.8 Å². The Kier molecular flexibility index (Phi) is 7.21. The van der Waals surface area contributed by atoms with Gasteiger partial charge in [-0.2, -0.15) is 0 Å². The number of halogens is 1. The highest BCUT2D eigenvalue weighted by molar-refractivity contribution is 5.79. The van der Waals surface area contributed by atoms with Crippen LogP contribution >= 0.6 is 0 Å². The van der Waals surface area contributed by atoms with Crippen molar-refractivity contribution in [2.24, 2.45) is 11.8 Å². The molecule has 0 spiro atoms. The Labute approximate surface area is 160 Å². The quantitative estimate of drug-likeness (QED) is 0.831. The van der Waals surface area contributed by atoms with Crippen LogP contribution in [0.1, 0.15) is 44.1 Å². The van der Waals surface area contributed by atoms with Crippen LogP contribution in [0.5, 0.6) is 0 Å². The third-order valence-electron chi connectivity index (χ3n) is 5.61. The van der Waals surface area contributed by atoms with E-state index >= 15 is 0 Å². The second-order valence-electron chi connectivity index (χ2n) is 7.59. The van der Waals surface area contributed by atoms with Crippen molar-refractivity contribution < 1.29 is 18.7 Å². The van der Waals surface area contributed by atoms with Crippen molar-refractivity contribution in [2.75, 3.05) is 26.3 Å². The van der Waals surface area contributed by atoms with Gasteiger partial charge in [0.05, 0.1) is 0 Å². The minimum Gasteiger partial charge on any atom is -0.381 e. The molecule has 1 atom stereocenters. The molecule has 1 aromatic rings. The van der Waals surface area contributed by atoms with E-state index in [-0.39, 0.29) is 30.1 Å². The van der Waals surface area contributed by atoms with E-state index < -0.39 is 0 Å². The molecule has 2 fully saturated rings. The van der Waals surface area contributed by atoms with Crippen LogP contribution in [0.3, 0.4) is 0 Å². The molecule has 3 rings (SSSR count). The molecular formula is C21H29FN2O3. The summed E-state index contributed by atoms with van der Waals surface area (Å²) >= 11 is 0. The van der Waals surface area contributed by atoms with Crippen LogP contribution in [0.25, 0.3) is 0 Å². The molecule has 2 saturated heterocycles. The number of piperidine rings is 1. The van der Waals surface area contributed by atoms with Gasteiger partial charge in [0.15, 0.2) is 0 Å². The van der Waals surface area contributed by atoms with Crippen LogP contribution in [0.2, 0.25) is 0 Å². The van der Waals surface area contributed by atoms with E-state index in [1.165, 1.54) is 6.07 Å². The van der Waals surface area contributed by atoms with E-state index in [0.29, 0.717) is 31.1 Å². The predicted molar refractivity (Wildman–Crippen MR) is 100 cm³/mol. The number of hydrogen-bond acceptors (Lipinski definition) is 3. The minimum atomic E-state index is -0.299. The maximum atomic E-state index is 13.6. The van der Waals surface area contributed by atoms with E-state index in [1.807, 2.05) is 4.90 Å². The molecule has 6 heteroatoms. The van der Waals surface area contributed by atoms with Gasteiger partial charge in [0.2, 0.25) is 11.8 Å². The number of nitrogens with one attached hydrogen (secondary N) is 1. The summed E-state index contributed by atoms with van der Waals surface area (Å²) < 4.78 is 18.9. The molecule has 1 unspecified atom stereocenters. The summed E-state index contributed by atoms with van der Waals surface area (Å²) in [5.41, 5.74) is 0.497. The topological polar surface area (TPSA) is 58.6 Å². The first kappa shape index (κ1) is 19.8. The van der Waals surface area contributed by atoms with Crippen LogP contribution < -0.4 is 5.32 Å². The molecule has 27 heavy (non-hydrogen) atoms. The Hall–Kier alpha value is -1.95. The number of benzene rings is 1. The third kappa shape index (κ3) is 5.76. The highest BCUT2D eigenvalue weighted by Gasteiger charge is 2.30. The van der Waals surface area contributed by atoms with E-state index in [9.17, 15) is 14.0 Å². The summed E-state index contributed by atoms with van der Waals surface area (Å²) in [6.07, 6.45) is 4.87. The maximum Gasteiger partial charge on any atom is 0.225 e. The van der Waals surface area contributed by atoms with Gasteiger partial charge in [0, 0.05) is 50.8 Å². The Morgan fingerprint density at radius 3 is 2.74 bits per heavy atom. The number of rotatable bonds is 6. The maximum absolute atomic E-state index is 13.6. The van der Waals surface area contributed by atoms with Crippen LogP contribution in [0, 0.1) is 17.7 Å². The standard InChI is InChI=1S/C21H29FN2O3/c22-19-6-2-1-5-18(19)14-23-20(25)8-7-16-4-3-11-24(15-16)21(26)17-9-12-27-13-10-17/h1-2,5-6,16-17H,3-4,7-15H2,(H,23,25). The average molecular weight is 376 g/mol. The average Bonchev–Trinajstić information content (AvgIpc) is 2.72. The lowest BCUT2D eigenvalue weighted by Crippen LogP contribution is -2.44. The molecule has 2 heterocycles. The molecule has 2 aliphatic rings. The van der Waals surface area contributed by atoms with Crippen LogP contribution in [0.4, 0.5) is 4.39 Å². The lowest BCUT2D eigenvalue weighted by atomic mass is 9.91. The van der Waals surface area contributed by atoms with Crippen molar-refractivity contribution in [3.63, 3.8) is 0 Å². The van der Waals surface area contributed by atoms with E-state index in [0.717, 1.165) is 45.2 Å². The number of hydrogen-bond donors (Lipinski definition) is 1. The monoisotopic (exact) mass is 376 g/mol. The third-order valence-corrected chi connectivity index (χ3v) is 5.61. The van der Waals surface area contributed by atoms with Crippen molar-refractivity contribution in [2.45, 2.75) is 45.1 Å². The Morgan fingerprint density at radius 1 is 1.19 bits per heavy atom. The van der Waals surface area contributed by atoms with Gasteiger partial charge in [-0.05, 0) is 44.1 Å². The molecule has 0 radical (unpaired) electrons. The van der Waals surface area contributed by atoms with Crippen molar-refractivity contribution in [1.29, 1.82) is 0 Å². The van der Waals surface area contributed by atoms with Crippen molar-refractivity contribution in [3.8, 4) is 0 Å². The Bertz CT molecular complexity index is 646. The minimum absolute atomic E-state index is 0.0638. The number of amides is 2. The largest absolute Gasteiger partial charge is 0.381 e. The summed E-state index contributed by atoms with van der Waals surface area (Å²) in [5, 5.41) is 2.79. The van der Waals surface area contributed by atoms with Gasteiger partial charge >= 0.3 is 0 Å². The summed E-state index contributed by atoms with van der Waals surface area (Å²) in [5.74, 6) is 0.355. The molecule has 0 saturated carbocycles. The first-order chi connectivity index (χ1) is 13.1. The summed E-state index contributed by atoms with van der Waals surface area (Å²) in [6, 6.07) is 6.47. The number of carbonyl (C=O) groups is 2. The first-order valence-corrected chi connectivity index (χ1v) is 10.00. The predicted octanol–water partition coefficient (Wildman–Crippen LogP) is 2.89. The van der Waals surface area contributed by atoms with Crippen LogP contribution in [-0.4, -0.2) is 43.0 Å². The zero-order valence-corrected chi connectivity index (χ0v) is 15.8. The fraction of sp³-hybridized carbons (Fsp3) is 0.619. The summed E-state index contributed by atoms with van der Waals surface area (Å²) in [7, 11) is 0. The molecule has 0 aliphatic carbocycles. The molecule has 0 aromatic heterocycles. The second-order valence-corrected chi connectivity index (χ2v) is 7.59. The number of nitrogens with zero attached hydrogens (tertiary/aromatic N) is 1. The zero-order chi connectivity index (χ0) is 19.1. The molecule has 5 nitrogen and oxygen atoms in total. The number of ether oxygens (including phenoxy) is 1. The fourth-order valence-corrected chi connectivity index (χ4v) is 3.96. The second kappa shape index (κ2) is 9.83. The molecule has 1 N–H and O–H groups in total. The first-order valence-electron chi connectivity index (χ1n) is 10.00. The van der Waals surface area contributed by atoms with Gasteiger partial charge in [-0.3, -0.25) is 9.59 Å². The van der Waals surface area contributed by atoms with E-state index in [1.54, 1.807) is 18.2 Å². The summed E-state index contributed by atoms with van der Waals surface area (Å²) in [4.78, 5) is 26.8. The van der Waals surface area contributed by atoms with E-state index in [2.05, 4.69) is 5.32 Å². The van der Waals surface area contributed by atoms with Crippen LogP contribution in [0.15, 0.2) is 24.3 Å².